The Morgan fingerprint density at radius 2 is 2.10 bits per heavy atom. The molecule has 0 aliphatic carbocycles. The summed E-state index contributed by atoms with van der Waals surface area (Å²) >= 11 is 0. The SMILES string of the molecule is CCCNc1cc(N(C)Cc2cnn(C)c2)nc(CC)n1. The summed E-state index contributed by atoms with van der Waals surface area (Å²) in [6.07, 6.45) is 5.81. The van der Waals surface area contributed by atoms with Gasteiger partial charge in [-0.3, -0.25) is 4.68 Å². The van der Waals surface area contributed by atoms with Crippen molar-refractivity contribution in [1.29, 1.82) is 0 Å². The van der Waals surface area contributed by atoms with E-state index in [1.807, 2.05) is 37.2 Å². The van der Waals surface area contributed by atoms with Gasteiger partial charge in [0.25, 0.3) is 0 Å². The van der Waals surface area contributed by atoms with Gasteiger partial charge >= 0.3 is 0 Å². The maximum absolute atomic E-state index is 4.61. The summed E-state index contributed by atoms with van der Waals surface area (Å²) in [5.41, 5.74) is 1.17. The minimum atomic E-state index is 0.779. The maximum atomic E-state index is 4.61. The van der Waals surface area contributed by atoms with E-state index in [0.717, 1.165) is 43.4 Å². The standard InChI is InChI=1S/C15H24N6/c1-5-7-16-14-8-15(19-13(6-2)18-14)20(3)10-12-9-17-21(4)11-12/h8-9,11H,5-7,10H2,1-4H3,(H,16,18,19). The van der Waals surface area contributed by atoms with Crippen molar-refractivity contribution < 1.29 is 0 Å². The molecule has 2 rings (SSSR count). The molecule has 21 heavy (non-hydrogen) atoms. The molecule has 114 valence electrons. The molecule has 0 saturated carbocycles. The van der Waals surface area contributed by atoms with E-state index in [9.17, 15) is 0 Å². The van der Waals surface area contributed by atoms with E-state index in [4.69, 9.17) is 0 Å². The third-order valence-corrected chi connectivity index (χ3v) is 3.20. The smallest absolute Gasteiger partial charge is 0.134 e. The van der Waals surface area contributed by atoms with Crippen molar-refractivity contribution in [3.8, 4) is 0 Å². The van der Waals surface area contributed by atoms with Gasteiger partial charge in [-0.15, -0.1) is 0 Å². The molecule has 0 aliphatic heterocycles. The Hall–Kier alpha value is -2.11. The summed E-state index contributed by atoms with van der Waals surface area (Å²) in [4.78, 5) is 11.2. The highest BCUT2D eigenvalue weighted by Gasteiger charge is 2.09. The summed E-state index contributed by atoms with van der Waals surface area (Å²) in [7, 11) is 3.97. The van der Waals surface area contributed by atoms with Gasteiger partial charge in [0.15, 0.2) is 0 Å². The molecule has 0 spiro atoms. The van der Waals surface area contributed by atoms with Gasteiger partial charge < -0.3 is 10.2 Å². The van der Waals surface area contributed by atoms with Crippen molar-refractivity contribution in [1.82, 2.24) is 19.7 Å². The van der Waals surface area contributed by atoms with Gasteiger partial charge in [0, 0.05) is 51.4 Å². The molecule has 0 atom stereocenters. The molecule has 2 aromatic rings. The number of hydrogen-bond acceptors (Lipinski definition) is 5. The first-order chi connectivity index (χ1) is 10.1. The second-order valence-electron chi connectivity index (χ2n) is 5.19. The highest BCUT2D eigenvalue weighted by molar-refractivity contribution is 5.49. The van der Waals surface area contributed by atoms with Crippen LogP contribution in [0.3, 0.4) is 0 Å². The molecular formula is C15H24N6. The average molecular weight is 288 g/mol. The fraction of sp³-hybridized carbons (Fsp3) is 0.533. The van der Waals surface area contributed by atoms with Crippen molar-refractivity contribution in [3.63, 3.8) is 0 Å². The van der Waals surface area contributed by atoms with Crippen LogP contribution in [-0.4, -0.2) is 33.3 Å². The molecule has 2 aromatic heterocycles. The van der Waals surface area contributed by atoms with E-state index in [2.05, 4.69) is 39.1 Å². The molecule has 6 nitrogen and oxygen atoms in total. The van der Waals surface area contributed by atoms with Crippen LogP contribution < -0.4 is 10.2 Å². The van der Waals surface area contributed by atoms with E-state index >= 15 is 0 Å². The van der Waals surface area contributed by atoms with Gasteiger partial charge in [0.05, 0.1) is 6.20 Å². The summed E-state index contributed by atoms with van der Waals surface area (Å²) in [5.74, 6) is 2.70. The van der Waals surface area contributed by atoms with E-state index in [0.29, 0.717) is 0 Å². The van der Waals surface area contributed by atoms with Crippen molar-refractivity contribution in [2.75, 3.05) is 23.8 Å². The van der Waals surface area contributed by atoms with Crippen LogP contribution >= 0.6 is 0 Å². The second-order valence-corrected chi connectivity index (χ2v) is 5.19. The van der Waals surface area contributed by atoms with Gasteiger partial charge in [0.2, 0.25) is 0 Å². The molecule has 0 radical (unpaired) electrons. The lowest BCUT2D eigenvalue weighted by Gasteiger charge is -2.19. The van der Waals surface area contributed by atoms with Gasteiger partial charge in [0.1, 0.15) is 17.5 Å². The summed E-state index contributed by atoms with van der Waals surface area (Å²) < 4.78 is 1.81. The molecule has 6 heteroatoms. The van der Waals surface area contributed by atoms with Gasteiger partial charge in [-0.25, -0.2) is 9.97 Å². The molecule has 0 aromatic carbocycles. The van der Waals surface area contributed by atoms with Crippen molar-refractivity contribution >= 4 is 11.6 Å². The van der Waals surface area contributed by atoms with Crippen LogP contribution in [0.15, 0.2) is 18.5 Å². The molecule has 0 amide bonds. The molecular weight excluding hydrogens is 264 g/mol. The lowest BCUT2D eigenvalue weighted by molar-refractivity contribution is 0.766. The van der Waals surface area contributed by atoms with Crippen LogP contribution in [-0.2, 0) is 20.0 Å². The molecule has 0 fully saturated rings. The fourth-order valence-corrected chi connectivity index (χ4v) is 2.09. The third-order valence-electron chi connectivity index (χ3n) is 3.20. The van der Waals surface area contributed by atoms with E-state index < -0.39 is 0 Å². The Labute approximate surface area is 126 Å². The van der Waals surface area contributed by atoms with Crippen molar-refractivity contribution in [2.45, 2.75) is 33.2 Å². The molecule has 0 saturated heterocycles. The summed E-state index contributed by atoms with van der Waals surface area (Å²) in [6.45, 7) is 5.92. The van der Waals surface area contributed by atoms with E-state index in [-0.39, 0.29) is 0 Å². The topological polar surface area (TPSA) is 58.9 Å². The average Bonchev–Trinajstić information content (AvgIpc) is 2.89. The quantitative estimate of drug-likeness (QED) is 0.846. The Kier molecular flexibility index (Phi) is 5.14. The third kappa shape index (κ3) is 4.18. The highest BCUT2D eigenvalue weighted by Crippen LogP contribution is 2.17. The zero-order valence-corrected chi connectivity index (χ0v) is 13.3. The summed E-state index contributed by atoms with van der Waals surface area (Å²) in [5, 5.41) is 7.54. The lowest BCUT2D eigenvalue weighted by Crippen LogP contribution is -2.19. The Balaban J connectivity index is 2.16. The predicted octanol–water partition coefficient (Wildman–Crippen LogP) is 2.23. The number of anilines is 2. The number of aromatic nitrogens is 4. The molecule has 1 N–H and O–H groups in total. The number of rotatable bonds is 7. The van der Waals surface area contributed by atoms with E-state index in [1.54, 1.807) is 0 Å². The van der Waals surface area contributed by atoms with Crippen LogP contribution in [0.5, 0.6) is 0 Å². The molecule has 0 aliphatic rings. The Morgan fingerprint density at radius 3 is 2.71 bits per heavy atom. The highest BCUT2D eigenvalue weighted by atomic mass is 15.2. The van der Waals surface area contributed by atoms with Crippen LogP contribution in [0, 0.1) is 0 Å². The fourth-order valence-electron chi connectivity index (χ4n) is 2.09. The minimum Gasteiger partial charge on any atom is -0.370 e. The monoisotopic (exact) mass is 288 g/mol. The second kappa shape index (κ2) is 7.06. The zero-order valence-electron chi connectivity index (χ0n) is 13.3. The normalized spacial score (nSPS) is 10.7. The van der Waals surface area contributed by atoms with Crippen molar-refractivity contribution in [2.24, 2.45) is 7.05 Å². The zero-order chi connectivity index (χ0) is 15.2. The molecule has 0 unspecified atom stereocenters. The predicted molar refractivity (Wildman–Crippen MR) is 85.5 cm³/mol. The number of nitrogens with one attached hydrogen (secondary N) is 1. The number of nitrogens with zero attached hydrogens (tertiary/aromatic N) is 5. The van der Waals surface area contributed by atoms with Crippen LogP contribution in [0.2, 0.25) is 0 Å². The summed E-state index contributed by atoms with van der Waals surface area (Å²) in [6, 6.07) is 2.01. The first-order valence-corrected chi connectivity index (χ1v) is 7.42. The van der Waals surface area contributed by atoms with Gasteiger partial charge in [-0.2, -0.15) is 5.10 Å². The Morgan fingerprint density at radius 1 is 1.29 bits per heavy atom. The number of hydrogen-bond donors (Lipinski definition) is 1. The maximum Gasteiger partial charge on any atom is 0.134 e. The number of aryl methyl sites for hydroxylation is 2. The lowest BCUT2D eigenvalue weighted by atomic mass is 10.3. The minimum absolute atomic E-state index is 0.779. The molecule has 0 bridgehead atoms. The van der Waals surface area contributed by atoms with Gasteiger partial charge in [-0.05, 0) is 6.42 Å². The first kappa shape index (κ1) is 15.3. The Bertz CT molecular complexity index is 577. The largest absolute Gasteiger partial charge is 0.370 e. The van der Waals surface area contributed by atoms with Crippen LogP contribution in [0.4, 0.5) is 11.6 Å². The molecule has 2 heterocycles. The van der Waals surface area contributed by atoms with Gasteiger partial charge in [-0.1, -0.05) is 13.8 Å². The van der Waals surface area contributed by atoms with Crippen LogP contribution in [0.25, 0.3) is 0 Å². The first-order valence-electron chi connectivity index (χ1n) is 7.42. The van der Waals surface area contributed by atoms with E-state index in [1.165, 1.54) is 5.56 Å². The van der Waals surface area contributed by atoms with Crippen molar-refractivity contribution in [3.05, 3.63) is 29.8 Å². The van der Waals surface area contributed by atoms with Crippen LogP contribution in [0.1, 0.15) is 31.7 Å².